The molecule has 0 aliphatic carbocycles. The predicted octanol–water partition coefficient (Wildman–Crippen LogP) is 4.35. The number of hydrogen-bond donors (Lipinski definition) is 1. The first-order valence-electron chi connectivity index (χ1n) is 10.9. The molecule has 168 valence electrons. The van der Waals surface area contributed by atoms with Crippen LogP contribution in [-0.4, -0.2) is 41.9 Å². The van der Waals surface area contributed by atoms with Crippen LogP contribution in [0.25, 0.3) is 0 Å². The summed E-state index contributed by atoms with van der Waals surface area (Å²) in [6.45, 7) is 12.4. The Labute approximate surface area is 186 Å². The van der Waals surface area contributed by atoms with Crippen molar-refractivity contribution in [3.8, 4) is 5.75 Å². The summed E-state index contributed by atoms with van der Waals surface area (Å²) < 4.78 is 5.76. The summed E-state index contributed by atoms with van der Waals surface area (Å²) in [7, 11) is 0. The number of carbonyl (C=O) groups excluding carboxylic acids is 2. The number of nitrogens with one attached hydrogen (secondary N) is 1. The van der Waals surface area contributed by atoms with Crippen molar-refractivity contribution in [2.24, 2.45) is 0 Å². The number of hydrogen-bond acceptors (Lipinski definition) is 3. The molecule has 0 radical (unpaired) electrons. The fourth-order valence-corrected chi connectivity index (χ4v) is 3.25. The van der Waals surface area contributed by atoms with Gasteiger partial charge in [0.05, 0.1) is 0 Å². The molecule has 0 bridgehead atoms. The molecular formula is C26H36N2O3. The minimum absolute atomic E-state index is 0.0126. The standard InChI is InChI=1S/C26H36N2O3/c1-19(2)27-25(30)20(3)28(17-16-21-10-8-7-9-11-21)24(29)18-31-23-14-12-22(13-15-23)26(4,5)6/h7-15,19-20H,16-18H2,1-6H3,(H,27,30). The number of benzene rings is 2. The van der Waals surface area contributed by atoms with Crippen LogP contribution in [0, 0.1) is 0 Å². The summed E-state index contributed by atoms with van der Waals surface area (Å²) >= 11 is 0. The molecule has 0 aliphatic rings. The highest BCUT2D eigenvalue weighted by atomic mass is 16.5. The quantitative estimate of drug-likeness (QED) is 0.651. The molecule has 1 atom stereocenters. The van der Waals surface area contributed by atoms with Crippen LogP contribution in [0.2, 0.25) is 0 Å². The Bertz CT molecular complexity index is 839. The first kappa shape index (κ1) is 24.4. The third-order valence-corrected chi connectivity index (χ3v) is 5.17. The Morgan fingerprint density at radius 3 is 2.13 bits per heavy atom. The van der Waals surface area contributed by atoms with Gasteiger partial charge in [0.15, 0.2) is 6.61 Å². The number of rotatable bonds is 9. The van der Waals surface area contributed by atoms with Crippen LogP contribution in [0.15, 0.2) is 54.6 Å². The fraction of sp³-hybridized carbons (Fsp3) is 0.462. The zero-order valence-corrected chi connectivity index (χ0v) is 19.6. The van der Waals surface area contributed by atoms with Gasteiger partial charge in [0.1, 0.15) is 11.8 Å². The number of nitrogens with zero attached hydrogens (tertiary/aromatic N) is 1. The highest BCUT2D eigenvalue weighted by molar-refractivity contribution is 5.88. The highest BCUT2D eigenvalue weighted by Crippen LogP contribution is 2.24. The Balaban J connectivity index is 2.06. The molecule has 31 heavy (non-hydrogen) atoms. The zero-order chi connectivity index (χ0) is 23.0. The molecule has 5 nitrogen and oxygen atoms in total. The monoisotopic (exact) mass is 424 g/mol. The Morgan fingerprint density at radius 1 is 0.968 bits per heavy atom. The van der Waals surface area contributed by atoms with Crippen molar-refractivity contribution >= 4 is 11.8 Å². The molecule has 0 fully saturated rings. The van der Waals surface area contributed by atoms with E-state index in [1.54, 1.807) is 11.8 Å². The third kappa shape index (κ3) is 7.74. The average Bonchev–Trinajstić information content (AvgIpc) is 2.72. The molecule has 1 unspecified atom stereocenters. The van der Waals surface area contributed by atoms with Gasteiger partial charge in [0.25, 0.3) is 5.91 Å². The Morgan fingerprint density at radius 2 is 1.58 bits per heavy atom. The van der Waals surface area contributed by atoms with Crippen LogP contribution < -0.4 is 10.1 Å². The minimum Gasteiger partial charge on any atom is -0.484 e. The van der Waals surface area contributed by atoms with Crippen LogP contribution in [0.1, 0.15) is 52.7 Å². The first-order valence-corrected chi connectivity index (χ1v) is 10.9. The van der Waals surface area contributed by atoms with Crippen molar-refractivity contribution < 1.29 is 14.3 Å². The summed E-state index contributed by atoms with van der Waals surface area (Å²) in [6.07, 6.45) is 0.673. The molecular weight excluding hydrogens is 388 g/mol. The van der Waals surface area contributed by atoms with E-state index < -0.39 is 6.04 Å². The normalized spacial score (nSPS) is 12.4. The smallest absolute Gasteiger partial charge is 0.261 e. The van der Waals surface area contributed by atoms with Gasteiger partial charge in [0, 0.05) is 12.6 Å². The van der Waals surface area contributed by atoms with Crippen LogP contribution in [-0.2, 0) is 21.4 Å². The van der Waals surface area contributed by atoms with E-state index >= 15 is 0 Å². The van der Waals surface area contributed by atoms with Gasteiger partial charge < -0.3 is 15.0 Å². The summed E-state index contributed by atoms with van der Waals surface area (Å²) in [6, 6.07) is 17.2. The second kappa shape index (κ2) is 11.0. The van der Waals surface area contributed by atoms with Crippen LogP contribution >= 0.6 is 0 Å². The van der Waals surface area contributed by atoms with E-state index in [2.05, 4.69) is 26.1 Å². The lowest BCUT2D eigenvalue weighted by molar-refractivity contribution is -0.141. The lowest BCUT2D eigenvalue weighted by Gasteiger charge is -2.29. The molecule has 0 aromatic heterocycles. The number of ether oxygens (including phenoxy) is 1. The van der Waals surface area contributed by atoms with Crippen LogP contribution in [0.5, 0.6) is 5.75 Å². The lowest BCUT2D eigenvalue weighted by atomic mass is 9.87. The van der Waals surface area contributed by atoms with Crippen LogP contribution in [0.4, 0.5) is 0 Å². The topological polar surface area (TPSA) is 58.6 Å². The number of amides is 2. The van der Waals surface area contributed by atoms with Gasteiger partial charge in [-0.05, 0) is 55.9 Å². The summed E-state index contributed by atoms with van der Waals surface area (Å²) in [4.78, 5) is 27.2. The average molecular weight is 425 g/mol. The summed E-state index contributed by atoms with van der Waals surface area (Å²) in [5, 5.41) is 2.90. The molecule has 2 rings (SSSR count). The molecule has 2 aromatic rings. The van der Waals surface area contributed by atoms with Crippen molar-refractivity contribution in [2.75, 3.05) is 13.2 Å². The Kier molecular flexibility index (Phi) is 8.66. The molecule has 5 heteroatoms. The molecule has 0 heterocycles. The molecule has 0 saturated carbocycles. The molecule has 0 spiro atoms. The maximum atomic E-state index is 13.0. The van der Waals surface area contributed by atoms with Gasteiger partial charge in [-0.1, -0.05) is 63.2 Å². The largest absolute Gasteiger partial charge is 0.484 e. The molecule has 1 N–H and O–H groups in total. The lowest BCUT2D eigenvalue weighted by Crippen LogP contribution is -2.51. The molecule has 2 amide bonds. The Hall–Kier alpha value is -2.82. The first-order chi connectivity index (χ1) is 14.6. The van der Waals surface area contributed by atoms with Gasteiger partial charge in [-0.2, -0.15) is 0 Å². The van der Waals surface area contributed by atoms with Gasteiger partial charge in [-0.15, -0.1) is 0 Å². The molecule has 0 saturated heterocycles. The van der Waals surface area contributed by atoms with Crippen molar-refractivity contribution in [1.82, 2.24) is 10.2 Å². The van der Waals surface area contributed by atoms with Gasteiger partial charge >= 0.3 is 0 Å². The third-order valence-electron chi connectivity index (χ3n) is 5.17. The van der Waals surface area contributed by atoms with Gasteiger partial charge in [-0.3, -0.25) is 9.59 Å². The SMILES string of the molecule is CC(C)NC(=O)C(C)N(CCc1ccccc1)C(=O)COc1ccc(C(C)(C)C)cc1. The second-order valence-corrected chi connectivity index (χ2v) is 9.23. The van der Waals surface area contributed by atoms with E-state index in [1.807, 2.05) is 68.4 Å². The maximum absolute atomic E-state index is 13.0. The predicted molar refractivity (Wildman–Crippen MR) is 125 cm³/mol. The molecule has 0 aliphatic heterocycles. The van der Waals surface area contributed by atoms with E-state index in [9.17, 15) is 9.59 Å². The van der Waals surface area contributed by atoms with E-state index in [0.29, 0.717) is 18.7 Å². The zero-order valence-electron chi connectivity index (χ0n) is 19.6. The highest BCUT2D eigenvalue weighted by Gasteiger charge is 2.26. The van der Waals surface area contributed by atoms with E-state index in [1.165, 1.54) is 5.56 Å². The molecule has 2 aromatic carbocycles. The summed E-state index contributed by atoms with van der Waals surface area (Å²) in [5.41, 5.74) is 2.38. The van der Waals surface area contributed by atoms with Crippen molar-refractivity contribution in [1.29, 1.82) is 0 Å². The van der Waals surface area contributed by atoms with E-state index in [0.717, 1.165) is 5.56 Å². The van der Waals surface area contributed by atoms with Gasteiger partial charge in [0.2, 0.25) is 5.91 Å². The second-order valence-electron chi connectivity index (χ2n) is 9.23. The van der Waals surface area contributed by atoms with Crippen molar-refractivity contribution in [2.45, 2.75) is 65.5 Å². The maximum Gasteiger partial charge on any atom is 0.261 e. The fourth-order valence-electron chi connectivity index (χ4n) is 3.25. The van der Waals surface area contributed by atoms with Crippen molar-refractivity contribution in [3.63, 3.8) is 0 Å². The summed E-state index contributed by atoms with van der Waals surface area (Å²) in [5.74, 6) is 0.275. The van der Waals surface area contributed by atoms with E-state index in [4.69, 9.17) is 4.74 Å². The van der Waals surface area contributed by atoms with Crippen LogP contribution in [0.3, 0.4) is 0 Å². The van der Waals surface area contributed by atoms with Gasteiger partial charge in [-0.25, -0.2) is 0 Å². The van der Waals surface area contributed by atoms with Crippen molar-refractivity contribution in [3.05, 3.63) is 65.7 Å². The minimum atomic E-state index is -0.578. The number of carbonyl (C=O) groups is 2. The van der Waals surface area contributed by atoms with E-state index in [-0.39, 0.29) is 29.9 Å².